The molecular weight excluding hydrogens is 360 g/mol. The van der Waals surface area contributed by atoms with Crippen LogP contribution in [-0.4, -0.2) is 34.2 Å². The number of aryl methyl sites for hydroxylation is 2. The summed E-state index contributed by atoms with van der Waals surface area (Å²) in [5.74, 6) is -1.88. The Bertz CT molecular complexity index is 846. The van der Waals surface area contributed by atoms with Crippen LogP contribution in [0.5, 0.6) is 0 Å². The molecule has 136 valence electrons. The molecule has 8 nitrogen and oxygen atoms in total. The fraction of sp³-hybridized carbons (Fsp3) is 0.176. The third kappa shape index (κ3) is 5.18. The van der Waals surface area contributed by atoms with Gasteiger partial charge in [0.2, 0.25) is 0 Å². The molecule has 1 aromatic heterocycles. The predicted octanol–water partition coefficient (Wildman–Crippen LogP) is 1.40. The van der Waals surface area contributed by atoms with E-state index < -0.39 is 24.4 Å². The van der Waals surface area contributed by atoms with E-state index in [2.05, 4.69) is 16.0 Å². The Morgan fingerprint density at radius 2 is 1.92 bits per heavy atom. The number of amides is 2. The van der Waals surface area contributed by atoms with Crippen molar-refractivity contribution < 1.29 is 19.1 Å². The van der Waals surface area contributed by atoms with E-state index in [1.165, 1.54) is 10.8 Å². The zero-order valence-corrected chi connectivity index (χ0v) is 14.9. The fourth-order valence-electron chi connectivity index (χ4n) is 2.00. The second-order valence-electron chi connectivity index (χ2n) is 5.22. The lowest BCUT2D eigenvalue weighted by molar-refractivity contribution is -0.144. The molecule has 0 spiro atoms. The first-order valence-corrected chi connectivity index (χ1v) is 7.94. The van der Waals surface area contributed by atoms with Crippen LogP contribution in [0.4, 0.5) is 0 Å². The number of carbonyl (C=O) groups is 3. The molecule has 0 bridgehead atoms. The SMILES string of the molecule is Cc1nn(C)c(Cl)c1/C=C/C(=O)OCC(=O)NNC(=O)c1ccccc1. The standard InChI is InChI=1S/C17H17ClN4O4/c1-11-13(16(18)22(2)21-11)8-9-15(24)26-10-14(23)19-20-17(25)12-6-4-3-5-7-12/h3-9H,10H2,1-2H3,(H,19,23)(H,20,25)/b9-8+. The molecule has 0 radical (unpaired) electrons. The highest BCUT2D eigenvalue weighted by Crippen LogP contribution is 2.19. The maximum atomic E-state index is 11.7. The first kappa shape index (κ1) is 19.2. The number of hydrazine groups is 1. The van der Waals surface area contributed by atoms with Gasteiger partial charge >= 0.3 is 5.97 Å². The molecule has 1 heterocycles. The molecule has 26 heavy (non-hydrogen) atoms. The molecule has 0 fully saturated rings. The van der Waals surface area contributed by atoms with Crippen LogP contribution < -0.4 is 10.9 Å². The number of nitrogens with one attached hydrogen (secondary N) is 2. The summed E-state index contributed by atoms with van der Waals surface area (Å²) in [6.07, 6.45) is 2.60. The van der Waals surface area contributed by atoms with Gasteiger partial charge in [-0.3, -0.25) is 25.1 Å². The van der Waals surface area contributed by atoms with E-state index in [0.29, 0.717) is 22.0 Å². The van der Waals surface area contributed by atoms with Gasteiger partial charge in [-0.25, -0.2) is 4.79 Å². The van der Waals surface area contributed by atoms with Crippen LogP contribution >= 0.6 is 11.6 Å². The number of aromatic nitrogens is 2. The number of hydrogen-bond donors (Lipinski definition) is 2. The molecule has 0 atom stereocenters. The Morgan fingerprint density at radius 1 is 1.23 bits per heavy atom. The van der Waals surface area contributed by atoms with Crippen LogP contribution in [0.1, 0.15) is 21.6 Å². The van der Waals surface area contributed by atoms with Crippen molar-refractivity contribution in [3.05, 3.63) is 58.4 Å². The van der Waals surface area contributed by atoms with E-state index in [9.17, 15) is 14.4 Å². The minimum atomic E-state index is -0.728. The Kier molecular flexibility index (Phi) is 6.51. The molecule has 2 amide bonds. The molecular formula is C17H17ClN4O4. The van der Waals surface area contributed by atoms with Gasteiger partial charge in [0.05, 0.1) is 5.69 Å². The smallest absolute Gasteiger partial charge is 0.331 e. The summed E-state index contributed by atoms with van der Waals surface area (Å²) < 4.78 is 6.27. The van der Waals surface area contributed by atoms with Gasteiger partial charge in [0, 0.05) is 24.3 Å². The summed E-state index contributed by atoms with van der Waals surface area (Å²) in [4.78, 5) is 35.0. The molecule has 1 aromatic carbocycles. The van der Waals surface area contributed by atoms with Crippen molar-refractivity contribution in [1.29, 1.82) is 0 Å². The highest BCUT2D eigenvalue weighted by Gasteiger charge is 2.10. The molecule has 0 aliphatic carbocycles. The zero-order valence-electron chi connectivity index (χ0n) is 14.2. The summed E-state index contributed by atoms with van der Waals surface area (Å²) in [5.41, 5.74) is 6.01. The number of halogens is 1. The predicted molar refractivity (Wildman–Crippen MR) is 95.0 cm³/mol. The average molecular weight is 377 g/mol. The van der Waals surface area contributed by atoms with Crippen LogP contribution in [0, 0.1) is 6.92 Å². The maximum absolute atomic E-state index is 11.7. The molecule has 0 saturated heterocycles. The number of nitrogens with zero attached hydrogens (tertiary/aromatic N) is 2. The Morgan fingerprint density at radius 3 is 2.54 bits per heavy atom. The van der Waals surface area contributed by atoms with Crippen LogP contribution in [0.15, 0.2) is 36.4 Å². The topological polar surface area (TPSA) is 102 Å². The van der Waals surface area contributed by atoms with Gasteiger partial charge in [0.15, 0.2) is 6.61 Å². The number of ether oxygens (including phenoxy) is 1. The molecule has 0 saturated carbocycles. The van der Waals surface area contributed by atoms with Crippen LogP contribution in [0.2, 0.25) is 5.15 Å². The molecule has 2 N–H and O–H groups in total. The first-order valence-electron chi connectivity index (χ1n) is 7.56. The monoisotopic (exact) mass is 376 g/mol. The number of carbonyl (C=O) groups excluding carboxylic acids is 3. The minimum absolute atomic E-state index is 0.382. The third-order valence-corrected chi connectivity index (χ3v) is 3.73. The van der Waals surface area contributed by atoms with E-state index >= 15 is 0 Å². The fourth-order valence-corrected chi connectivity index (χ4v) is 2.23. The maximum Gasteiger partial charge on any atom is 0.331 e. The summed E-state index contributed by atoms with van der Waals surface area (Å²) in [5, 5.41) is 4.49. The van der Waals surface area contributed by atoms with Gasteiger partial charge in [-0.1, -0.05) is 29.8 Å². The molecule has 0 aliphatic rings. The van der Waals surface area contributed by atoms with E-state index in [4.69, 9.17) is 16.3 Å². The first-order chi connectivity index (χ1) is 12.4. The van der Waals surface area contributed by atoms with Gasteiger partial charge in [0.25, 0.3) is 11.8 Å². The van der Waals surface area contributed by atoms with Crippen molar-refractivity contribution in [2.45, 2.75) is 6.92 Å². The van der Waals surface area contributed by atoms with Crippen molar-refractivity contribution >= 4 is 35.5 Å². The summed E-state index contributed by atoms with van der Waals surface area (Å²) in [6, 6.07) is 8.35. The Labute approximate surface area is 154 Å². The second-order valence-corrected chi connectivity index (χ2v) is 5.58. The summed E-state index contributed by atoms with van der Waals surface area (Å²) in [7, 11) is 1.68. The quantitative estimate of drug-likeness (QED) is 0.466. The third-order valence-electron chi connectivity index (χ3n) is 3.28. The zero-order chi connectivity index (χ0) is 19.1. The Hall–Kier alpha value is -3.13. The van der Waals surface area contributed by atoms with Crippen molar-refractivity contribution in [1.82, 2.24) is 20.6 Å². The highest BCUT2D eigenvalue weighted by molar-refractivity contribution is 6.31. The van der Waals surface area contributed by atoms with Crippen molar-refractivity contribution in [3.63, 3.8) is 0 Å². The number of esters is 1. The number of hydrogen-bond acceptors (Lipinski definition) is 5. The lowest BCUT2D eigenvalue weighted by Gasteiger charge is -2.07. The van der Waals surface area contributed by atoms with Gasteiger partial charge < -0.3 is 4.74 Å². The second kappa shape index (κ2) is 8.82. The lowest BCUT2D eigenvalue weighted by atomic mass is 10.2. The van der Waals surface area contributed by atoms with Gasteiger partial charge in [-0.2, -0.15) is 5.10 Å². The van der Waals surface area contributed by atoms with E-state index in [0.717, 1.165) is 6.08 Å². The largest absolute Gasteiger partial charge is 0.452 e. The highest BCUT2D eigenvalue weighted by atomic mass is 35.5. The molecule has 0 unspecified atom stereocenters. The summed E-state index contributed by atoms with van der Waals surface area (Å²) >= 11 is 6.04. The molecule has 9 heteroatoms. The minimum Gasteiger partial charge on any atom is -0.452 e. The van der Waals surface area contributed by atoms with E-state index in [1.54, 1.807) is 44.3 Å². The number of rotatable bonds is 5. The average Bonchev–Trinajstić information content (AvgIpc) is 2.88. The van der Waals surface area contributed by atoms with Crippen molar-refractivity contribution in [3.8, 4) is 0 Å². The molecule has 0 aliphatic heterocycles. The molecule has 2 rings (SSSR count). The lowest BCUT2D eigenvalue weighted by Crippen LogP contribution is -2.43. The van der Waals surface area contributed by atoms with Crippen LogP contribution in [0.3, 0.4) is 0 Å². The van der Waals surface area contributed by atoms with E-state index in [1.807, 2.05) is 0 Å². The van der Waals surface area contributed by atoms with Crippen LogP contribution in [0.25, 0.3) is 6.08 Å². The number of benzene rings is 1. The van der Waals surface area contributed by atoms with Gasteiger partial charge in [-0.15, -0.1) is 0 Å². The van der Waals surface area contributed by atoms with Gasteiger partial charge in [0.1, 0.15) is 5.15 Å². The van der Waals surface area contributed by atoms with Crippen molar-refractivity contribution in [2.24, 2.45) is 7.05 Å². The normalized spacial score (nSPS) is 10.6. The Balaban J connectivity index is 1.77. The van der Waals surface area contributed by atoms with E-state index in [-0.39, 0.29) is 0 Å². The summed E-state index contributed by atoms with van der Waals surface area (Å²) in [6.45, 7) is 1.21. The van der Waals surface area contributed by atoms with Gasteiger partial charge in [-0.05, 0) is 25.1 Å². The van der Waals surface area contributed by atoms with Crippen molar-refractivity contribution in [2.75, 3.05) is 6.61 Å². The van der Waals surface area contributed by atoms with Crippen LogP contribution in [-0.2, 0) is 21.4 Å². The molecule has 2 aromatic rings.